The second-order valence-corrected chi connectivity index (χ2v) is 19.2. The first-order valence-corrected chi connectivity index (χ1v) is 20.6. The number of hydrogen-bond acceptors (Lipinski definition) is 13. The fourth-order valence-corrected chi connectivity index (χ4v) is 13.0. The van der Waals surface area contributed by atoms with E-state index in [1.165, 1.54) is 5.57 Å². The zero-order valence-corrected chi connectivity index (χ0v) is 33.2. The monoisotopic (exact) mass is 770 g/mol. The van der Waals surface area contributed by atoms with Gasteiger partial charge in [-0.3, -0.25) is 0 Å². The Bertz CT molecular complexity index is 1310. The molecule has 4 aliphatic carbocycles. The van der Waals surface area contributed by atoms with Crippen LogP contribution in [-0.2, 0) is 18.9 Å². The van der Waals surface area contributed by atoms with Crippen molar-refractivity contribution in [2.24, 2.45) is 45.3 Å². The van der Waals surface area contributed by atoms with E-state index in [0.717, 1.165) is 51.4 Å². The first kappa shape index (κ1) is 42.8. The highest BCUT2D eigenvalue weighted by molar-refractivity contribution is 5.18. The normalized spacial score (nSPS) is 50.8. The summed E-state index contributed by atoms with van der Waals surface area (Å²) in [7, 11) is 0. The largest absolute Gasteiger partial charge is 0.396 e. The van der Waals surface area contributed by atoms with Gasteiger partial charge in [0.2, 0.25) is 0 Å². The average Bonchev–Trinajstić information content (AvgIpc) is 3.49. The smallest absolute Gasteiger partial charge is 0.187 e. The molecule has 9 N–H and O–H groups in total. The SMILES string of the molecule is CC(C)=CCC[C@H](O)[C@H]1CC[C@]2(C)[C@@H]1CC[C@@H]1[C@]3(CO)CC[C@@H](O[C@@H]4O[C@H](CO)[C@@H](O)[C@H](O)[C@H]4O[C@@H]4O[C@H](CO)[C@@H](O)[C@H](O)[C@H]4O)C(C)(C)[C@H]3CC[C@]12C. The maximum absolute atomic E-state index is 11.5. The molecule has 2 heterocycles. The Balaban J connectivity index is 1.22. The molecule has 4 saturated carbocycles. The molecule has 2 aliphatic heterocycles. The number of aliphatic hydroxyl groups excluding tert-OH is 9. The quantitative estimate of drug-likeness (QED) is 0.108. The van der Waals surface area contributed by atoms with Crippen LogP contribution in [0.5, 0.6) is 0 Å². The Hall–Kier alpha value is -0.780. The maximum Gasteiger partial charge on any atom is 0.187 e. The van der Waals surface area contributed by atoms with Gasteiger partial charge in [0, 0.05) is 12.0 Å². The highest BCUT2D eigenvalue weighted by atomic mass is 16.8. The predicted molar refractivity (Wildman–Crippen MR) is 196 cm³/mol. The molecule has 0 spiro atoms. The first-order valence-electron chi connectivity index (χ1n) is 20.6. The van der Waals surface area contributed by atoms with Gasteiger partial charge in [0.05, 0.1) is 25.4 Å². The molecule has 13 nitrogen and oxygen atoms in total. The van der Waals surface area contributed by atoms with Crippen molar-refractivity contribution in [1.82, 2.24) is 0 Å². The molecule has 19 atom stereocenters. The van der Waals surface area contributed by atoms with Crippen molar-refractivity contribution in [3.05, 3.63) is 11.6 Å². The third-order valence-electron chi connectivity index (χ3n) is 16.2. The Morgan fingerprint density at radius 3 is 1.96 bits per heavy atom. The van der Waals surface area contributed by atoms with E-state index in [1.54, 1.807) is 0 Å². The highest BCUT2D eigenvalue weighted by Gasteiger charge is 2.70. The molecule has 0 amide bonds. The van der Waals surface area contributed by atoms with E-state index in [0.29, 0.717) is 18.8 Å². The van der Waals surface area contributed by atoms with Crippen molar-refractivity contribution in [2.75, 3.05) is 19.8 Å². The van der Waals surface area contributed by atoms with E-state index in [2.05, 4.69) is 47.6 Å². The van der Waals surface area contributed by atoms with Crippen LogP contribution in [0, 0.1) is 45.3 Å². The van der Waals surface area contributed by atoms with Crippen LogP contribution in [0.25, 0.3) is 0 Å². The van der Waals surface area contributed by atoms with E-state index < -0.39 is 86.1 Å². The second-order valence-electron chi connectivity index (χ2n) is 19.2. The van der Waals surface area contributed by atoms with Gasteiger partial charge in [-0.25, -0.2) is 0 Å². The molecule has 0 aromatic heterocycles. The van der Waals surface area contributed by atoms with Crippen LogP contribution in [0.3, 0.4) is 0 Å². The molecule has 0 unspecified atom stereocenters. The van der Waals surface area contributed by atoms with Crippen molar-refractivity contribution in [3.63, 3.8) is 0 Å². The summed E-state index contributed by atoms with van der Waals surface area (Å²) in [5.41, 5.74) is 0.459. The maximum atomic E-state index is 11.5. The zero-order valence-electron chi connectivity index (χ0n) is 33.2. The fraction of sp³-hybridized carbons (Fsp3) is 0.951. The van der Waals surface area contributed by atoms with Gasteiger partial charge in [-0.2, -0.15) is 0 Å². The lowest BCUT2D eigenvalue weighted by atomic mass is 9.35. The molecule has 0 aromatic rings. The minimum absolute atomic E-state index is 0.0152. The molecule has 312 valence electrons. The second kappa shape index (κ2) is 16.1. The lowest BCUT2D eigenvalue weighted by molar-refractivity contribution is -0.379. The molecule has 2 saturated heterocycles. The summed E-state index contributed by atoms with van der Waals surface area (Å²) in [4.78, 5) is 0. The van der Waals surface area contributed by atoms with Gasteiger partial charge >= 0.3 is 0 Å². The van der Waals surface area contributed by atoms with Gasteiger partial charge in [-0.15, -0.1) is 0 Å². The summed E-state index contributed by atoms with van der Waals surface area (Å²) in [6.07, 6.45) is -4.74. The van der Waals surface area contributed by atoms with Crippen molar-refractivity contribution in [2.45, 2.75) is 179 Å². The van der Waals surface area contributed by atoms with Gasteiger partial charge < -0.3 is 64.9 Å². The number of ether oxygens (including phenoxy) is 4. The summed E-state index contributed by atoms with van der Waals surface area (Å²) in [5.74, 6) is 1.08. The number of allylic oxidation sites excluding steroid dienone is 2. The number of rotatable bonds is 11. The minimum atomic E-state index is -1.76. The molecule has 0 bridgehead atoms. The summed E-state index contributed by atoms with van der Waals surface area (Å²) < 4.78 is 24.3. The molecule has 13 heteroatoms. The Kier molecular flexibility index (Phi) is 12.8. The average molecular weight is 771 g/mol. The summed E-state index contributed by atoms with van der Waals surface area (Å²) in [6.45, 7) is 12.2. The highest BCUT2D eigenvalue weighted by Crippen LogP contribution is 2.75. The third-order valence-corrected chi connectivity index (χ3v) is 16.2. The van der Waals surface area contributed by atoms with Crippen LogP contribution in [0.4, 0.5) is 0 Å². The van der Waals surface area contributed by atoms with Crippen molar-refractivity contribution in [3.8, 4) is 0 Å². The van der Waals surface area contributed by atoms with E-state index in [4.69, 9.17) is 18.9 Å². The molecular formula is C41H70O13. The predicted octanol–water partition coefficient (Wildman–Crippen LogP) is 1.76. The van der Waals surface area contributed by atoms with Gasteiger partial charge in [0.1, 0.15) is 48.8 Å². The van der Waals surface area contributed by atoms with E-state index >= 15 is 0 Å². The zero-order chi connectivity index (χ0) is 39.5. The molecular weight excluding hydrogens is 700 g/mol. The Morgan fingerprint density at radius 1 is 0.704 bits per heavy atom. The van der Waals surface area contributed by atoms with Gasteiger partial charge in [0.15, 0.2) is 12.6 Å². The number of aliphatic hydroxyl groups is 9. The Labute approximate surface area is 320 Å². The van der Waals surface area contributed by atoms with Gasteiger partial charge in [0.25, 0.3) is 0 Å². The van der Waals surface area contributed by atoms with E-state index in [1.807, 2.05) is 0 Å². The lowest BCUT2D eigenvalue weighted by Gasteiger charge is -2.70. The third kappa shape index (κ3) is 6.96. The molecule has 0 aromatic carbocycles. The summed E-state index contributed by atoms with van der Waals surface area (Å²) in [6, 6.07) is 0. The van der Waals surface area contributed by atoms with Crippen LogP contribution < -0.4 is 0 Å². The van der Waals surface area contributed by atoms with Crippen molar-refractivity contribution >= 4 is 0 Å². The summed E-state index contributed by atoms with van der Waals surface area (Å²) in [5, 5.41) is 96.2. The number of fused-ring (bicyclic) bond motifs is 5. The Morgan fingerprint density at radius 2 is 1.33 bits per heavy atom. The number of hydrogen-bond donors (Lipinski definition) is 9. The van der Waals surface area contributed by atoms with E-state index in [9.17, 15) is 46.0 Å². The van der Waals surface area contributed by atoms with Crippen LogP contribution in [-0.4, -0.2) is 139 Å². The summed E-state index contributed by atoms with van der Waals surface area (Å²) >= 11 is 0. The van der Waals surface area contributed by atoms with Crippen LogP contribution in [0.1, 0.15) is 106 Å². The lowest BCUT2D eigenvalue weighted by Crippen LogP contribution is -2.67. The molecule has 6 rings (SSSR count). The van der Waals surface area contributed by atoms with E-state index in [-0.39, 0.29) is 46.7 Å². The first-order chi connectivity index (χ1) is 25.4. The molecule has 6 aliphatic rings. The van der Waals surface area contributed by atoms with Gasteiger partial charge in [-0.1, -0.05) is 39.3 Å². The van der Waals surface area contributed by atoms with Gasteiger partial charge in [-0.05, 0) is 118 Å². The standard InChI is InChI=1S/C41H70O13/c1-21(2)8-7-9-24(45)22-12-15-39(5)23(22)10-11-28-40(39,6)16-13-27-38(3,4)29(14-17-41(27,28)20-44)53-37-35(33(49)31(47)26(19-43)52-37)54-36-34(50)32(48)30(46)25(18-42)51-36/h8,22-37,42-50H,7,9-20H2,1-6H3/t22-,23+,24-,25+,26+,27+,28-,29+,30+,31+,32-,33-,34+,35+,36-,37-,39+,40+,41-/m0/s1. The van der Waals surface area contributed by atoms with Crippen LogP contribution >= 0.6 is 0 Å². The fourth-order valence-electron chi connectivity index (χ4n) is 13.0. The molecule has 6 fully saturated rings. The minimum Gasteiger partial charge on any atom is -0.396 e. The van der Waals surface area contributed by atoms with Crippen LogP contribution in [0.2, 0.25) is 0 Å². The van der Waals surface area contributed by atoms with Crippen LogP contribution in [0.15, 0.2) is 11.6 Å². The molecule has 54 heavy (non-hydrogen) atoms. The van der Waals surface area contributed by atoms with Crippen molar-refractivity contribution in [1.29, 1.82) is 0 Å². The van der Waals surface area contributed by atoms with Crippen molar-refractivity contribution < 1.29 is 64.9 Å². The molecule has 0 radical (unpaired) electrons. The topological polar surface area (TPSA) is 219 Å².